The Labute approximate surface area is 208 Å². The molecule has 0 saturated heterocycles. The molecule has 0 bridgehead atoms. The second kappa shape index (κ2) is 11.7. The van der Waals surface area contributed by atoms with Gasteiger partial charge >= 0.3 is 0 Å². The van der Waals surface area contributed by atoms with Gasteiger partial charge in [0, 0.05) is 38.3 Å². The first-order valence-electron chi connectivity index (χ1n) is 11.3. The first-order chi connectivity index (χ1) is 16.7. The molecule has 4 aromatic carbocycles. The smallest absolute Gasteiger partial charge is 0.0281 e. The van der Waals surface area contributed by atoms with Gasteiger partial charge in [-0.15, -0.1) is 12.6 Å². The van der Waals surface area contributed by atoms with Crippen molar-refractivity contribution in [1.82, 2.24) is 0 Å². The van der Waals surface area contributed by atoms with E-state index in [-0.39, 0.29) is 0 Å². The predicted molar refractivity (Wildman–Crippen MR) is 145 cm³/mol. The first-order valence-corrected chi connectivity index (χ1v) is 11.8. The minimum Gasteiger partial charge on any atom is -0.143 e. The predicted octanol–water partition coefficient (Wildman–Crippen LogP) is 7.13. The van der Waals surface area contributed by atoms with Crippen LogP contribution in [0.25, 0.3) is 0 Å². The summed E-state index contributed by atoms with van der Waals surface area (Å²) in [7, 11) is 0. The fourth-order valence-corrected chi connectivity index (χ4v) is 3.55. The quantitative estimate of drug-likeness (QED) is 0.243. The van der Waals surface area contributed by atoms with Crippen molar-refractivity contribution in [2.45, 2.75) is 24.7 Å². The van der Waals surface area contributed by atoms with Gasteiger partial charge < -0.3 is 0 Å². The highest BCUT2D eigenvalue weighted by Gasteiger charge is 2.01. The highest BCUT2D eigenvalue weighted by molar-refractivity contribution is 7.80. The molecule has 1 heteroatoms. The molecule has 0 aromatic heterocycles. The Hall–Kier alpha value is -4.09. The molecule has 4 rings (SSSR count). The molecular weight excluding hydrogens is 428 g/mol. The molecule has 0 unspecified atom stereocenters. The summed E-state index contributed by atoms with van der Waals surface area (Å²) in [6, 6.07) is 32.3. The van der Waals surface area contributed by atoms with Crippen molar-refractivity contribution in [3.05, 3.63) is 136 Å². The normalized spacial score (nSPS) is 9.59. The lowest BCUT2D eigenvalue weighted by Crippen LogP contribution is -1.91. The molecular formula is C33H24S. The van der Waals surface area contributed by atoms with Crippen molar-refractivity contribution < 1.29 is 0 Å². The van der Waals surface area contributed by atoms with Crippen molar-refractivity contribution in [1.29, 1.82) is 0 Å². The van der Waals surface area contributed by atoms with Gasteiger partial charge in [0.2, 0.25) is 0 Å². The van der Waals surface area contributed by atoms with Crippen molar-refractivity contribution in [2.24, 2.45) is 0 Å². The van der Waals surface area contributed by atoms with Crippen molar-refractivity contribution in [3.8, 4) is 35.5 Å². The van der Waals surface area contributed by atoms with Crippen LogP contribution in [0.2, 0.25) is 0 Å². The van der Waals surface area contributed by atoms with Gasteiger partial charge in [0.1, 0.15) is 0 Å². The molecule has 4 aromatic rings. The average Bonchev–Trinajstić information content (AvgIpc) is 2.88. The molecule has 0 heterocycles. The van der Waals surface area contributed by atoms with Gasteiger partial charge in [0.25, 0.3) is 0 Å². The van der Waals surface area contributed by atoms with Gasteiger partial charge in [-0.2, -0.15) is 0 Å². The van der Waals surface area contributed by atoms with Crippen molar-refractivity contribution >= 4 is 12.6 Å². The second-order valence-corrected chi connectivity index (χ2v) is 8.38. The van der Waals surface area contributed by atoms with Crippen LogP contribution in [0.4, 0.5) is 0 Å². The van der Waals surface area contributed by atoms with Gasteiger partial charge in [-0.1, -0.05) is 67.1 Å². The van der Waals surface area contributed by atoms with E-state index in [2.05, 4.69) is 67.2 Å². The summed E-state index contributed by atoms with van der Waals surface area (Å²) >= 11 is 4.33. The van der Waals surface area contributed by atoms with Crippen LogP contribution in [-0.2, 0) is 6.42 Å². The van der Waals surface area contributed by atoms with E-state index in [9.17, 15) is 0 Å². The number of aryl methyl sites for hydroxylation is 1. The summed E-state index contributed by atoms with van der Waals surface area (Å²) in [5, 5.41) is 0. The molecule has 0 atom stereocenters. The number of thiol groups is 1. The minimum absolute atomic E-state index is 0.940. The standard InChI is InChI=1S/C33H24S/c1-2-6-32-25-30(18-22-31(32)21-17-29-19-23-33(34)24-20-29)16-15-28-13-11-27(12-14-28)10-9-26-7-4-3-5-8-26/h3-5,7-8,11-14,18-20,22-25,34H,2,6H2,1H3. The molecule has 0 nitrogen and oxygen atoms in total. The summed E-state index contributed by atoms with van der Waals surface area (Å²) in [4.78, 5) is 0.940. The third kappa shape index (κ3) is 6.70. The molecule has 34 heavy (non-hydrogen) atoms. The molecule has 0 N–H and O–H groups in total. The SMILES string of the molecule is CCCc1cc(C#Cc2ccc(C#Cc3ccccc3)cc2)ccc1C#Cc1ccc(S)cc1. The highest BCUT2D eigenvalue weighted by atomic mass is 32.1. The lowest BCUT2D eigenvalue weighted by molar-refractivity contribution is 0.918. The van der Waals surface area contributed by atoms with E-state index in [0.29, 0.717) is 0 Å². The minimum atomic E-state index is 0.940. The van der Waals surface area contributed by atoms with E-state index in [1.165, 1.54) is 5.56 Å². The van der Waals surface area contributed by atoms with E-state index in [4.69, 9.17) is 0 Å². The van der Waals surface area contributed by atoms with E-state index >= 15 is 0 Å². The second-order valence-electron chi connectivity index (χ2n) is 7.86. The Morgan fingerprint density at radius 2 is 1.00 bits per heavy atom. The number of rotatable bonds is 2. The monoisotopic (exact) mass is 452 g/mol. The third-order valence-corrected chi connectivity index (χ3v) is 5.49. The molecule has 0 aliphatic rings. The van der Waals surface area contributed by atoms with Crippen LogP contribution in [0, 0.1) is 35.5 Å². The molecule has 0 aliphatic heterocycles. The maximum Gasteiger partial charge on any atom is 0.0281 e. The molecule has 162 valence electrons. The lowest BCUT2D eigenvalue weighted by Gasteiger charge is -2.04. The first kappa shape index (κ1) is 23.1. The summed E-state index contributed by atoms with van der Waals surface area (Å²) in [5.41, 5.74) is 7.24. The zero-order chi connectivity index (χ0) is 23.6. The summed E-state index contributed by atoms with van der Waals surface area (Å²) in [6.45, 7) is 2.18. The molecule has 0 aliphatic carbocycles. The molecule has 0 amide bonds. The van der Waals surface area contributed by atoms with Crippen LogP contribution in [0.15, 0.2) is 102 Å². The average molecular weight is 453 g/mol. The highest BCUT2D eigenvalue weighted by Crippen LogP contribution is 2.14. The van der Waals surface area contributed by atoms with Crippen molar-refractivity contribution in [3.63, 3.8) is 0 Å². The van der Waals surface area contributed by atoms with Gasteiger partial charge in [0.05, 0.1) is 0 Å². The van der Waals surface area contributed by atoms with E-state index in [1.807, 2.05) is 84.9 Å². The Morgan fingerprint density at radius 3 is 1.59 bits per heavy atom. The largest absolute Gasteiger partial charge is 0.143 e. The van der Waals surface area contributed by atoms with Gasteiger partial charge in [-0.25, -0.2) is 0 Å². The topological polar surface area (TPSA) is 0 Å². The molecule has 0 spiro atoms. The zero-order valence-corrected chi connectivity index (χ0v) is 20.0. The zero-order valence-electron chi connectivity index (χ0n) is 19.1. The lowest BCUT2D eigenvalue weighted by atomic mass is 10.00. The van der Waals surface area contributed by atoms with Gasteiger partial charge in [-0.05, 0) is 90.8 Å². The number of hydrogen-bond donors (Lipinski definition) is 1. The van der Waals surface area contributed by atoms with Crippen LogP contribution in [-0.4, -0.2) is 0 Å². The number of hydrogen-bond acceptors (Lipinski definition) is 1. The van der Waals surface area contributed by atoms with Gasteiger partial charge in [-0.3, -0.25) is 0 Å². The molecule has 0 saturated carbocycles. The van der Waals surface area contributed by atoms with Crippen molar-refractivity contribution in [2.75, 3.05) is 0 Å². The number of benzene rings is 4. The Balaban J connectivity index is 1.50. The van der Waals surface area contributed by atoms with Crippen LogP contribution in [0.5, 0.6) is 0 Å². The fourth-order valence-electron chi connectivity index (χ4n) is 3.40. The van der Waals surface area contributed by atoms with Crippen LogP contribution in [0.1, 0.15) is 52.3 Å². The molecule has 0 fully saturated rings. The summed E-state index contributed by atoms with van der Waals surface area (Å²) in [5.74, 6) is 19.5. The Morgan fingerprint density at radius 1 is 0.529 bits per heavy atom. The Bertz CT molecular complexity index is 1440. The maximum atomic E-state index is 4.33. The van der Waals surface area contributed by atoms with E-state index in [0.717, 1.165) is 51.1 Å². The fraction of sp³-hybridized carbons (Fsp3) is 0.0909. The van der Waals surface area contributed by atoms with Crippen LogP contribution in [0.3, 0.4) is 0 Å². The van der Waals surface area contributed by atoms with Crippen LogP contribution >= 0.6 is 12.6 Å². The van der Waals surface area contributed by atoms with E-state index in [1.54, 1.807) is 0 Å². The van der Waals surface area contributed by atoms with Gasteiger partial charge in [0.15, 0.2) is 0 Å². The molecule has 0 radical (unpaired) electrons. The maximum absolute atomic E-state index is 4.33. The Kier molecular flexibility index (Phi) is 7.93. The van der Waals surface area contributed by atoms with E-state index < -0.39 is 0 Å². The summed E-state index contributed by atoms with van der Waals surface area (Å²) in [6.07, 6.45) is 2.04. The summed E-state index contributed by atoms with van der Waals surface area (Å²) < 4.78 is 0. The third-order valence-electron chi connectivity index (χ3n) is 5.19. The van der Waals surface area contributed by atoms with Crippen LogP contribution < -0.4 is 0 Å².